The van der Waals surface area contributed by atoms with Crippen molar-refractivity contribution in [3.8, 4) is 0 Å². The van der Waals surface area contributed by atoms with Crippen molar-refractivity contribution in [1.82, 2.24) is 9.88 Å². The van der Waals surface area contributed by atoms with Crippen LogP contribution in [0.1, 0.15) is 71.9 Å². The zero-order chi connectivity index (χ0) is 18.4. The summed E-state index contributed by atoms with van der Waals surface area (Å²) in [6.07, 6.45) is 5.97. The quantitative estimate of drug-likeness (QED) is 0.743. The number of aromatic nitrogens is 1. The smallest absolute Gasteiger partial charge is 0.416 e. The fraction of sp³-hybridized carbons (Fsp3) is 0.700. The van der Waals surface area contributed by atoms with Crippen LogP contribution in [-0.2, 0) is 4.74 Å². The van der Waals surface area contributed by atoms with Crippen molar-refractivity contribution >= 4 is 11.9 Å². The number of nitrogens with zero attached hydrogens (tertiary/aromatic N) is 3. The van der Waals surface area contributed by atoms with Crippen molar-refractivity contribution in [2.24, 2.45) is 0 Å². The molecule has 1 saturated heterocycles. The lowest BCUT2D eigenvalue weighted by Gasteiger charge is -2.27. The van der Waals surface area contributed by atoms with E-state index < -0.39 is 5.60 Å². The predicted octanol–water partition coefficient (Wildman–Crippen LogP) is 4.78. The summed E-state index contributed by atoms with van der Waals surface area (Å²) in [5.41, 5.74) is 0.732. The maximum absolute atomic E-state index is 12.6. The molecule has 2 heterocycles. The minimum atomic E-state index is -0.507. The van der Waals surface area contributed by atoms with Crippen molar-refractivity contribution in [3.63, 3.8) is 0 Å². The molecule has 0 spiro atoms. The van der Waals surface area contributed by atoms with E-state index in [1.54, 1.807) is 4.90 Å². The topological polar surface area (TPSA) is 45.7 Å². The van der Waals surface area contributed by atoms with E-state index in [1.807, 2.05) is 33.0 Å². The second kappa shape index (κ2) is 8.65. The Morgan fingerprint density at radius 1 is 1.36 bits per heavy atom. The molecule has 0 unspecified atom stereocenters. The van der Waals surface area contributed by atoms with Crippen LogP contribution in [0.3, 0.4) is 0 Å². The van der Waals surface area contributed by atoms with E-state index in [9.17, 15) is 4.79 Å². The normalized spacial score (nSPS) is 18.4. The van der Waals surface area contributed by atoms with Gasteiger partial charge in [0, 0.05) is 18.8 Å². The molecule has 2 rings (SSSR count). The van der Waals surface area contributed by atoms with Gasteiger partial charge in [-0.2, -0.15) is 0 Å². The molecule has 0 aliphatic carbocycles. The van der Waals surface area contributed by atoms with Crippen molar-refractivity contribution < 1.29 is 9.53 Å². The summed E-state index contributed by atoms with van der Waals surface area (Å²) in [7, 11) is 0. The van der Waals surface area contributed by atoms with Crippen LogP contribution in [0.15, 0.2) is 18.3 Å². The first-order valence-electron chi connectivity index (χ1n) is 9.56. The molecule has 1 aliphatic rings. The average Bonchev–Trinajstić information content (AvgIpc) is 3.03. The minimum Gasteiger partial charge on any atom is -0.443 e. The first-order valence-corrected chi connectivity index (χ1v) is 9.56. The van der Waals surface area contributed by atoms with E-state index in [0.29, 0.717) is 18.4 Å². The summed E-state index contributed by atoms with van der Waals surface area (Å²) in [5.74, 6) is 0.674. The molecule has 1 amide bonds. The zero-order valence-electron chi connectivity index (χ0n) is 16.4. The van der Waals surface area contributed by atoms with Crippen LogP contribution >= 0.6 is 0 Å². The van der Waals surface area contributed by atoms with Crippen LogP contribution in [0.25, 0.3) is 0 Å². The maximum atomic E-state index is 12.6. The van der Waals surface area contributed by atoms with E-state index >= 15 is 0 Å². The second-order valence-electron chi connectivity index (χ2n) is 7.72. The highest BCUT2D eigenvalue weighted by Gasteiger charge is 2.26. The van der Waals surface area contributed by atoms with E-state index in [4.69, 9.17) is 4.74 Å². The summed E-state index contributed by atoms with van der Waals surface area (Å²) in [5, 5.41) is 0. The Morgan fingerprint density at radius 2 is 2.12 bits per heavy atom. The molecule has 25 heavy (non-hydrogen) atoms. The van der Waals surface area contributed by atoms with Crippen LogP contribution in [0.2, 0.25) is 0 Å². The Morgan fingerprint density at radius 3 is 2.68 bits per heavy atom. The molecule has 1 aromatic heterocycles. The Kier molecular flexibility index (Phi) is 6.82. The zero-order valence-corrected chi connectivity index (χ0v) is 16.4. The van der Waals surface area contributed by atoms with Gasteiger partial charge in [-0.3, -0.25) is 9.80 Å². The number of unbranched alkanes of at least 4 members (excludes halogenated alkanes) is 1. The van der Waals surface area contributed by atoms with Gasteiger partial charge >= 0.3 is 6.09 Å². The fourth-order valence-corrected chi connectivity index (χ4v) is 3.27. The lowest BCUT2D eigenvalue weighted by Crippen LogP contribution is -2.38. The van der Waals surface area contributed by atoms with Crippen molar-refractivity contribution in [2.45, 2.75) is 71.9 Å². The number of hydrogen-bond acceptors (Lipinski definition) is 4. The van der Waals surface area contributed by atoms with Crippen LogP contribution in [0, 0.1) is 0 Å². The lowest BCUT2D eigenvalue weighted by molar-refractivity contribution is 0.0578. The molecule has 1 aliphatic heterocycles. The third-order valence-electron chi connectivity index (χ3n) is 4.55. The Balaban J connectivity index is 2.15. The first-order chi connectivity index (χ1) is 11.9. The van der Waals surface area contributed by atoms with Gasteiger partial charge in [-0.25, -0.2) is 9.78 Å². The van der Waals surface area contributed by atoms with Gasteiger partial charge in [-0.05, 0) is 64.8 Å². The molecule has 140 valence electrons. The molecule has 1 atom stereocenters. The summed E-state index contributed by atoms with van der Waals surface area (Å²) in [4.78, 5) is 21.3. The monoisotopic (exact) mass is 347 g/mol. The second-order valence-corrected chi connectivity index (χ2v) is 7.72. The van der Waals surface area contributed by atoms with Gasteiger partial charge in [0.1, 0.15) is 11.4 Å². The molecule has 5 nitrogen and oxygen atoms in total. The number of rotatable bonds is 6. The van der Waals surface area contributed by atoms with E-state index in [0.717, 1.165) is 25.9 Å². The van der Waals surface area contributed by atoms with Crippen molar-refractivity contribution in [2.75, 3.05) is 24.5 Å². The third kappa shape index (κ3) is 5.43. The number of hydrogen-bond donors (Lipinski definition) is 0. The molecule has 0 saturated carbocycles. The van der Waals surface area contributed by atoms with Crippen LogP contribution < -0.4 is 4.90 Å². The largest absolute Gasteiger partial charge is 0.443 e. The first kappa shape index (κ1) is 19.7. The fourth-order valence-electron chi connectivity index (χ4n) is 3.27. The number of pyridine rings is 1. The maximum Gasteiger partial charge on any atom is 0.416 e. The van der Waals surface area contributed by atoms with Gasteiger partial charge in [0.2, 0.25) is 0 Å². The predicted molar refractivity (Wildman–Crippen MR) is 102 cm³/mol. The number of ether oxygens (including phenoxy) is 1. The Bertz CT molecular complexity index is 551. The standard InChI is InChI=1S/C20H33N3O2/c1-6-8-14-23(19(24)25-20(3,4)5)18-12-11-16(15-21-18)17-10-9-13-22(17)7-2/h11-12,15,17H,6-10,13-14H2,1-5H3/t17-/m1/s1. The lowest BCUT2D eigenvalue weighted by atomic mass is 10.1. The summed E-state index contributed by atoms with van der Waals surface area (Å²) in [6, 6.07) is 4.53. The number of carbonyl (C=O) groups excluding carboxylic acids is 1. The molecule has 1 aromatic rings. The summed E-state index contributed by atoms with van der Waals surface area (Å²) in [6.45, 7) is 12.8. The summed E-state index contributed by atoms with van der Waals surface area (Å²) >= 11 is 0. The van der Waals surface area contributed by atoms with Gasteiger partial charge in [-0.1, -0.05) is 26.3 Å². The highest BCUT2D eigenvalue weighted by Crippen LogP contribution is 2.31. The van der Waals surface area contributed by atoms with Gasteiger partial charge < -0.3 is 4.74 Å². The van der Waals surface area contributed by atoms with Gasteiger partial charge in [-0.15, -0.1) is 0 Å². The SMILES string of the molecule is CCCCN(C(=O)OC(C)(C)C)c1ccc([C@H]2CCCN2CC)cn1. The van der Waals surface area contributed by atoms with Gasteiger partial charge in [0.15, 0.2) is 0 Å². The van der Waals surface area contributed by atoms with Crippen molar-refractivity contribution in [1.29, 1.82) is 0 Å². The summed E-state index contributed by atoms with van der Waals surface area (Å²) < 4.78 is 5.55. The van der Waals surface area contributed by atoms with Crippen LogP contribution in [0.5, 0.6) is 0 Å². The molecule has 5 heteroatoms. The minimum absolute atomic E-state index is 0.322. The van der Waals surface area contributed by atoms with Crippen LogP contribution in [-0.4, -0.2) is 41.2 Å². The number of amides is 1. The highest BCUT2D eigenvalue weighted by molar-refractivity contribution is 5.86. The average molecular weight is 348 g/mol. The molecule has 0 bridgehead atoms. The molecule has 0 radical (unpaired) electrons. The Labute approximate surface area is 152 Å². The van der Waals surface area contributed by atoms with E-state index in [-0.39, 0.29) is 6.09 Å². The van der Waals surface area contributed by atoms with Crippen LogP contribution in [0.4, 0.5) is 10.6 Å². The van der Waals surface area contributed by atoms with Gasteiger partial charge in [0.25, 0.3) is 0 Å². The number of likely N-dealkylation sites (tertiary alicyclic amines) is 1. The van der Waals surface area contributed by atoms with Crippen molar-refractivity contribution in [3.05, 3.63) is 23.9 Å². The van der Waals surface area contributed by atoms with Gasteiger partial charge in [0.05, 0.1) is 0 Å². The molecule has 1 fully saturated rings. The molecular formula is C20H33N3O2. The molecule has 0 N–H and O–H groups in total. The number of carbonyl (C=O) groups is 1. The van der Waals surface area contributed by atoms with E-state index in [1.165, 1.54) is 18.4 Å². The number of anilines is 1. The molecular weight excluding hydrogens is 314 g/mol. The Hall–Kier alpha value is -1.62. The third-order valence-corrected chi connectivity index (χ3v) is 4.55. The highest BCUT2D eigenvalue weighted by atomic mass is 16.6. The van der Waals surface area contributed by atoms with E-state index in [2.05, 4.69) is 29.8 Å². The molecule has 0 aromatic carbocycles.